The van der Waals surface area contributed by atoms with Crippen LogP contribution in [0.25, 0.3) is 22.2 Å². The fourth-order valence-corrected chi connectivity index (χ4v) is 5.51. The van der Waals surface area contributed by atoms with Gasteiger partial charge in [-0.2, -0.15) is 0 Å². The van der Waals surface area contributed by atoms with E-state index in [9.17, 15) is 14.7 Å². The lowest BCUT2D eigenvalue weighted by Gasteiger charge is -2.31. The Labute approximate surface area is 235 Å². The third-order valence-corrected chi connectivity index (χ3v) is 7.76. The lowest BCUT2D eigenvalue weighted by atomic mass is 10.0. The Balaban J connectivity index is 1.36. The molecule has 2 aliphatic heterocycles. The van der Waals surface area contributed by atoms with Crippen molar-refractivity contribution in [2.24, 2.45) is 0 Å². The van der Waals surface area contributed by atoms with Crippen molar-refractivity contribution in [2.75, 3.05) is 43.5 Å². The van der Waals surface area contributed by atoms with Crippen LogP contribution in [0.5, 0.6) is 5.75 Å². The topological polar surface area (TPSA) is 124 Å². The first-order valence-corrected chi connectivity index (χ1v) is 13.8. The second-order valence-corrected chi connectivity index (χ2v) is 10.4. The van der Waals surface area contributed by atoms with Gasteiger partial charge in [0.1, 0.15) is 17.4 Å². The van der Waals surface area contributed by atoms with Crippen LogP contribution in [0.15, 0.2) is 53.6 Å². The summed E-state index contributed by atoms with van der Waals surface area (Å²) in [6.45, 7) is 2.77. The number of carbonyl (C=O) groups is 1. The van der Waals surface area contributed by atoms with Crippen molar-refractivity contribution in [3.8, 4) is 17.0 Å². The maximum Gasteiger partial charge on any atom is 0.259 e. The van der Waals surface area contributed by atoms with Crippen molar-refractivity contribution >= 4 is 34.0 Å². The number of H-pyrrole nitrogens is 1. The van der Waals surface area contributed by atoms with Gasteiger partial charge < -0.3 is 29.9 Å². The number of aliphatic hydroxyl groups excluding tert-OH is 1. The van der Waals surface area contributed by atoms with Gasteiger partial charge in [0.05, 0.1) is 52.9 Å². The minimum Gasteiger partial charge on any atom is -0.496 e. The van der Waals surface area contributed by atoms with Crippen LogP contribution in [-0.4, -0.2) is 70.3 Å². The minimum absolute atomic E-state index is 0.139. The van der Waals surface area contributed by atoms with Gasteiger partial charge in [0, 0.05) is 37.9 Å². The van der Waals surface area contributed by atoms with Gasteiger partial charge in [-0.15, -0.1) is 0 Å². The Morgan fingerprint density at radius 2 is 1.90 bits per heavy atom. The van der Waals surface area contributed by atoms with E-state index in [1.807, 2.05) is 12.1 Å². The molecule has 0 spiro atoms. The van der Waals surface area contributed by atoms with Crippen molar-refractivity contribution in [1.82, 2.24) is 19.9 Å². The average Bonchev–Trinajstić information content (AvgIpc) is 3.53. The first kappa shape index (κ1) is 26.7. The standard InChI is InChI=1S/C30H31FN6O4/c1-41-26-15-20(22(31)14-21(26)30(40)37-10-2-3-11-37)24-16-25(28-23(34-24)6-9-32-29(28)39)35-27-5-4-18(17-33-27)36-12-7-19(38)8-13-36/h4-6,9,14-17,19,38H,2-3,7-8,10-13H2,1H3,(H,32,39)(H,33,34,35). The summed E-state index contributed by atoms with van der Waals surface area (Å²) in [6.07, 6.45) is 6.23. The summed E-state index contributed by atoms with van der Waals surface area (Å²) in [4.78, 5) is 41.5. The first-order chi connectivity index (χ1) is 19.9. The molecule has 0 atom stereocenters. The van der Waals surface area contributed by atoms with Gasteiger partial charge in [0.15, 0.2) is 0 Å². The molecule has 3 aromatic heterocycles. The number of carbonyl (C=O) groups excluding carboxylic acids is 1. The first-order valence-electron chi connectivity index (χ1n) is 13.8. The van der Waals surface area contributed by atoms with Crippen molar-refractivity contribution in [3.05, 3.63) is 70.5 Å². The molecule has 41 heavy (non-hydrogen) atoms. The zero-order valence-electron chi connectivity index (χ0n) is 22.7. The highest BCUT2D eigenvalue weighted by Gasteiger charge is 2.25. The number of ether oxygens (including phenoxy) is 1. The number of piperidine rings is 1. The van der Waals surface area contributed by atoms with E-state index in [1.54, 1.807) is 23.2 Å². The summed E-state index contributed by atoms with van der Waals surface area (Å²) in [5.74, 6) is -0.134. The fraction of sp³-hybridized carbons (Fsp3) is 0.333. The zero-order valence-corrected chi connectivity index (χ0v) is 22.7. The van der Waals surface area contributed by atoms with Crippen LogP contribution in [0, 0.1) is 5.82 Å². The lowest BCUT2D eigenvalue weighted by molar-refractivity contribution is 0.0789. The number of rotatable bonds is 6. The quantitative estimate of drug-likeness (QED) is 0.324. The Morgan fingerprint density at radius 3 is 2.61 bits per heavy atom. The maximum absolute atomic E-state index is 15.6. The SMILES string of the molecule is COc1cc(-c2cc(Nc3ccc(N4CCC(O)CC4)cn3)c3c(=O)[nH]ccc3n2)c(F)cc1C(=O)N1CCCC1. The van der Waals surface area contributed by atoms with Crippen LogP contribution < -0.4 is 20.5 Å². The minimum atomic E-state index is -0.620. The molecular formula is C30H31FN6O4. The number of hydrogen-bond acceptors (Lipinski definition) is 8. The van der Waals surface area contributed by atoms with E-state index in [1.165, 1.54) is 25.4 Å². The molecule has 2 fully saturated rings. The molecule has 0 radical (unpaired) electrons. The summed E-state index contributed by atoms with van der Waals surface area (Å²) in [7, 11) is 1.44. The summed E-state index contributed by atoms with van der Waals surface area (Å²) in [6, 6.07) is 9.66. The number of benzene rings is 1. The summed E-state index contributed by atoms with van der Waals surface area (Å²) < 4.78 is 21.1. The smallest absolute Gasteiger partial charge is 0.259 e. The van der Waals surface area contributed by atoms with Gasteiger partial charge >= 0.3 is 0 Å². The predicted octanol–water partition coefficient (Wildman–Crippen LogP) is 4.07. The number of pyridine rings is 3. The van der Waals surface area contributed by atoms with Crippen molar-refractivity contribution in [2.45, 2.75) is 31.8 Å². The molecule has 2 aliphatic rings. The van der Waals surface area contributed by atoms with E-state index in [0.717, 1.165) is 31.6 Å². The van der Waals surface area contributed by atoms with Crippen LogP contribution in [0.4, 0.5) is 21.6 Å². The van der Waals surface area contributed by atoms with Gasteiger partial charge in [-0.3, -0.25) is 9.59 Å². The highest BCUT2D eigenvalue weighted by Crippen LogP contribution is 2.34. The van der Waals surface area contributed by atoms with E-state index in [4.69, 9.17) is 4.74 Å². The van der Waals surface area contributed by atoms with Gasteiger partial charge in [-0.25, -0.2) is 14.4 Å². The number of methoxy groups -OCH3 is 1. The number of aliphatic hydroxyl groups is 1. The average molecular weight is 559 g/mol. The lowest BCUT2D eigenvalue weighted by Crippen LogP contribution is -2.35. The molecule has 212 valence electrons. The largest absolute Gasteiger partial charge is 0.496 e. The molecule has 1 amide bonds. The van der Waals surface area contributed by atoms with E-state index in [0.29, 0.717) is 48.3 Å². The van der Waals surface area contributed by atoms with Gasteiger partial charge in [0.2, 0.25) is 0 Å². The summed E-state index contributed by atoms with van der Waals surface area (Å²) >= 11 is 0. The number of anilines is 3. The second-order valence-electron chi connectivity index (χ2n) is 10.4. The van der Waals surface area contributed by atoms with E-state index < -0.39 is 5.82 Å². The highest BCUT2D eigenvalue weighted by atomic mass is 19.1. The molecule has 4 aromatic rings. The molecule has 3 N–H and O–H groups in total. The van der Waals surface area contributed by atoms with Crippen LogP contribution in [0.3, 0.4) is 0 Å². The Bertz CT molecular complexity index is 1640. The third kappa shape index (κ3) is 5.32. The molecule has 0 unspecified atom stereocenters. The number of hydrogen-bond donors (Lipinski definition) is 3. The second kappa shape index (κ2) is 11.2. The van der Waals surface area contributed by atoms with E-state index in [2.05, 4.69) is 25.2 Å². The molecule has 2 saturated heterocycles. The fourth-order valence-electron chi connectivity index (χ4n) is 5.51. The van der Waals surface area contributed by atoms with Crippen LogP contribution in [-0.2, 0) is 0 Å². The monoisotopic (exact) mass is 558 g/mol. The van der Waals surface area contributed by atoms with Gasteiger partial charge in [0.25, 0.3) is 11.5 Å². The number of likely N-dealkylation sites (tertiary alicyclic amines) is 1. The van der Waals surface area contributed by atoms with Crippen LogP contribution >= 0.6 is 0 Å². The molecule has 1 aromatic carbocycles. The normalized spacial score (nSPS) is 15.9. The van der Waals surface area contributed by atoms with Crippen molar-refractivity contribution < 1.29 is 19.0 Å². The maximum atomic E-state index is 15.6. The number of halogens is 1. The predicted molar refractivity (Wildman–Crippen MR) is 154 cm³/mol. The molecule has 0 aliphatic carbocycles. The molecular weight excluding hydrogens is 527 g/mol. The number of fused-ring (bicyclic) bond motifs is 1. The van der Waals surface area contributed by atoms with Gasteiger partial charge in [-0.1, -0.05) is 0 Å². The van der Waals surface area contributed by atoms with Crippen molar-refractivity contribution in [1.29, 1.82) is 0 Å². The summed E-state index contributed by atoms with van der Waals surface area (Å²) in [5.41, 5.74) is 1.94. The zero-order chi connectivity index (χ0) is 28.5. The number of nitrogens with one attached hydrogen (secondary N) is 2. The Kier molecular flexibility index (Phi) is 7.27. The number of aromatic nitrogens is 3. The van der Waals surface area contributed by atoms with Gasteiger partial charge in [-0.05, 0) is 62.1 Å². The van der Waals surface area contributed by atoms with E-state index >= 15 is 4.39 Å². The summed E-state index contributed by atoms with van der Waals surface area (Å²) in [5, 5.41) is 13.3. The van der Waals surface area contributed by atoms with Crippen LogP contribution in [0.2, 0.25) is 0 Å². The number of amides is 1. The molecule has 11 heteroatoms. The highest BCUT2D eigenvalue weighted by molar-refractivity contribution is 5.98. The third-order valence-electron chi connectivity index (χ3n) is 7.76. The molecule has 0 bridgehead atoms. The number of nitrogens with zero attached hydrogens (tertiary/aromatic N) is 4. The molecule has 5 heterocycles. The van der Waals surface area contributed by atoms with Crippen LogP contribution in [0.1, 0.15) is 36.0 Å². The molecule has 6 rings (SSSR count). The van der Waals surface area contributed by atoms with Crippen molar-refractivity contribution in [3.63, 3.8) is 0 Å². The molecule has 10 nitrogen and oxygen atoms in total. The Hall–Kier alpha value is -4.51. The Morgan fingerprint density at radius 1 is 1.12 bits per heavy atom. The molecule has 0 saturated carbocycles. The van der Waals surface area contributed by atoms with E-state index in [-0.39, 0.29) is 40.1 Å². The number of aromatic amines is 1.